The van der Waals surface area contributed by atoms with E-state index >= 15 is 0 Å². The second-order valence-electron chi connectivity index (χ2n) is 6.81. The number of carbonyl (C=O) groups excluding carboxylic acids is 1. The molecule has 2 aromatic carbocycles. The maximum Gasteiger partial charge on any atom is 0.238 e. The first-order valence-corrected chi connectivity index (χ1v) is 9.07. The van der Waals surface area contributed by atoms with Crippen molar-refractivity contribution in [3.05, 3.63) is 77.1 Å². The number of carbonyl (C=O) groups is 1. The first-order chi connectivity index (χ1) is 13.5. The van der Waals surface area contributed by atoms with Gasteiger partial charge in [-0.1, -0.05) is 18.2 Å². The van der Waals surface area contributed by atoms with Gasteiger partial charge in [0, 0.05) is 23.5 Å². The number of benzene rings is 2. The van der Waals surface area contributed by atoms with E-state index in [1.807, 2.05) is 60.8 Å². The highest BCUT2D eigenvalue weighted by molar-refractivity contribution is 5.92. The Balaban J connectivity index is 1.64. The van der Waals surface area contributed by atoms with Gasteiger partial charge in [0.1, 0.15) is 0 Å². The average molecular weight is 373 g/mol. The van der Waals surface area contributed by atoms with Gasteiger partial charge in [-0.15, -0.1) is 0 Å². The largest absolute Gasteiger partial charge is 0.325 e. The summed E-state index contributed by atoms with van der Waals surface area (Å²) in [5.41, 5.74) is 5.43. The first kappa shape index (κ1) is 19.3. The lowest BCUT2D eigenvalue weighted by atomic mass is 10.2. The zero-order valence-corrected chi connectivity index (χ0v) is 16.3. The number of likely N-dealkylation sites (N-methyl/N-ethyl adjacent to an activating group) is 1. The number of anilines is 1. The van der Waals surface area contributed by atoms with Crippen molar-refractivity contribution < 1.29 is 4.79 Å². The van der Waals surface area contributed by atoms with Crippen LogP contribution in [0.15, 0.2) is 54.6 Å². The molecule has 28 heavy (non-hydrogen) atoms. The smallest absolute Gasteiger partial charge is 0.238 e. The van der Waals surface area contributed by atoms with E-state index < -0.39 is 0 Å². The molecule has 0 unspecified atom stereocenters. The van der Waals surface area contributed by atoms with Crippen LogP contribution < -0.4 is 5.32 Å². The Kier molecular flexibility index (Phi) is 5.87. The van der Waals surface area contributed by atoms with Gasteiger partial charge in [0.05, 0.1) is 29.6 Å². The number of nitriles is 1. The minimum absolute atomic E-state index is 0.0991. The van der Waals surface area contributed by atoms with Gasteiger partial charge in [0.15, 0.2) is 0 Å². The van der Waals surface area contributed by atoms with Gasteiger partial charge in [-0.2, -0.15) is 10.4 Å². The van der Waals surface area contributed by atoms with Gasteiger partial charge >= 0.3 is 0 Å². The van der Waals surface area contributed by atoms with Crippen LogP contribution in [0.25, 0.3) is 5.69 Å². The molecule has 0 atom stereocenters. The van der Waals surface area contributed by atoms with E-state index in [0.717, 1.165) is 22.6 Å². The molecule has 0 fully saturated rings. The van der Waals surface area contributed by atoms with Crippen molar-refractivity contribution >= 4 is 11.6 Å². The fraction of sp³-hybridized carbons (Fsp3) is 0.227. The Morgan fingerprint density at radius 3 is 2.46 bits per heavy atom. The summed E-state index contributed by atoms with van der Waals surface area (Å²) in [5.74, 6) is -0.0991. The van der Waals surface area contributed by atoms with Crippen LogP contribution in [-0.2, 0) is 11.3 Å². The van der Waals surface area contributed by atoms with E-state index in [0.29, 0.717) is 17.8 Å². The monoisotopic (exact) mass is 373 g/mol. The van der Waals surface area contributed by atoms with Crippen molar-refractivity contribution in [2.24, 2.45) is 0 Å². The average Bonchev–Trinajstić information content (AvgIpc) is 2.97. The van der Waals surface area contributed by atoms with Gasteiger partial charge in [-0.25, -0.2) is 4.68 Å². The molecule has 1 N–H and O–H groups in total. The lowest BCUT2D eigenvalue weighted by Crippen LogP contribution is -2.30. The van der Waals surface area contributed by atoms with E-state index in [4.69, 9.17) is 5.26 Å². The van der Waals surface area contributed by atoms with Crippen LogP contribution in [0.2, 0.25) is 0 Å². The predicted octanol–water partition coefficient (Wildman–Crippen LogP) is 3.43. The number of nitrogens with one attached hydrogen (secondary N) is 1. The summed E-state index contributed by atoms with van der Waals surface area (Å²) >= 11 is 0. The standard InChI is InChI=1S/C22H23N5O/c1-16-21(17(2)27(25-16)20-7-5-4-6-8-20)14-26(3)15-22(28)24-19-11-9-18(13-23)10-12-19/h4-12H,14-15H2,1-3H3,(H,24,28). The van der Waals surface area contributed by atoms with Crippen molar-refractivity contribution in [3.63, 3.8) is 0 Å². The van der Waals surface area contributed by atoms with E-state index in [-0.39, 0.29) is 12.5 Å². The summed E-state index contributed by atoms with van der Waals surface area (Å²) < 4.78 is 1.94. The van der Waals surface area contributed by atoms with Crippen LogP contribution in [0.1, 0.15) is 22.5 Å². The van der Waals surface area contributed by atoms with Crippen molar-refractivity contribution in [2.45, 2.75) is 20.4 Å². The summed E-state index contributed by atoms with van der Waals surface area (Å²) in [5, 5.41) is 16.4. The normalized spacial score (nSPS) is 10.7. The molecule has 0 saturated heterocycles. The fourth-order valence-electron chi connectivity index (χ4n) is 3.12. The Morgan fingerprint density at radius 2 is 1.82 bits per heavy atom. The second-order valence-corrected chi connectivity index (χ2v) is 6.81. The Hall–Kier alpha value is -3.43. The van der Waals surface area contributed by atoms with E-state index in [2.05, 4.69) is 16.5 Å². The number of amides is 1. The Bertz CT molecular complexity index is 1000. The Morgan fingerprint density at radius 1 is 1.14 bits per heavy atom. The number of para-hydroxylation sites is 1. The van der Waals surface area contributed by atoms with Gasteiger partial charge in [0.2, 0.25) is 5.91 Å². The summed E-state index contributed by atoms with van der Waals surface area (Å²) in [6, 6.07) is 18.9. The lowest BCUT2D eigenvalue weighted by Gasteiger charge is -2.17. The summed E-state index contributed by atoms with van der Waals surface area (Å²) in [6.07, 6.45) is 0. The minimum Gasteiger partial charge on any atom is -0.325 e. The third-order valence-corrected chi connectivity index (χ3v) is 4.58. The number of nitrogens with zero attached hydrogens (tertiary/aromatic N) is 4. The van der Waals surface area contributed by atoms with Gasteiger partial charge in [-0.3, -0.25) is 9.69 Å². The molecule has 1 heterocycles. The van der Waals surface area contributed by atoms with Crippen molar-refractivity contribution in [1.29, 1.82) is 5.26 Å². The van der Waals surface area contributed by atoms with E-state index in [9.17, 15) is 4.79 Å². The minimum atomic E-state index is -0.0991. The number of aromatic nitrogens is 2. The summed E-state index contributed by atoms with van der Waals surface area (Å²) in [7, 11) is 1.91. The molecule has 6 nitrogen and oxygen atoms in total. The van der Waals surface area contributed by atoms with E-state index in [1.54, 1.807) is 24.3 Å². The first-order valence-electron chi connectivity index (χ1n) is 9.07. The molecule has 3 aromatic rings. The van der Waals surface area contributed by atoms with Crippen LogP contribution in [0, 0.1) is 25.2 Å². The van der Waals surface area contributed by atoms with E-state index in [1.165, 1.54) is 0 Å². The molecule has 0 aliphatic carbocycles. The van der Waals surface area contributed by atoms with Crippen LogP contribution >= 0.6 is 0 Å². The number of hydrogen-bond acceptors (Lipinski definition) is 4. The number of hydrogen-bond donors (Lipinski definition) is 1. The van der Waals surface area contributed by atoms with Crippen molar-refractivity contribution in [1.82, 2.24) is 14.7 Å². The second kappa shape index (κ2) is 8.51. The molecule has 0 aliphatic rings. The maximum absolute atomic E-state index is 12.3. The third kappa shape index (κ3) is 4.45. The molecular weight excluding hydrogens is 350 g/mol. The Labute approximate surface area is 165 Å². The molecule has 3 rings (SSSR count). The van der Waals surface area contributed by atoms with Gasteiger partial charge in [0.25, 0.3) is 0 Å². The molecule has 142 valence electrons. The molecule has 0 radical (unpaired) electrons. The maximum atomic E-state index is 12.3. The lowest BCUT2D eigenvalue weighted by molar-refractivity contribution is -0.117. The summed E-state index contributed by atoms with van der Waals surface area (Å²) in [6.45, 7) is 4.93. The van der Waals surface area contributed by atoms with Crippen LogP contribution in [-0.4, -0.2) is 34.2 Å². The number of aryl methyl sites for hydroxylation is 1. The third-order valence-electron chi connectivity index (χ3n) is 4.58. The molecule has 0 saturated carbocycles. The molecule has 1 amide bonds. The number of rotatable bonds is 6. The molecule has 1 aromatic heterocycles. The highest BCUT2D eigenvalue weighted by Crippen LogP contribution is 2.19. The zero-order chi connectivity index (χ0) is 20.1. The SMILES string of the molecule is Cc1nn(-c2ccccc2)c(C)c1CN(C)CC(=O)Nc1ccc(C#N)cc1. The zero-order valence-electron chi connectivity index (χ0n) is 16.3. The summed E-state index contributed by atoms with van der Waals surface area (Å²) in [4.78, 5) is 14.3. The van der Waals surface area contributed by atoms with Gasteiger partial charge in [-0.05, 0) is 57.3 Å². The van der Waals surface area contributed by atoms with Crippen LogP contribution in [0.3, 0.4) is 0 Å². The molecular formula is C22H23N5O. The molecule has 6 heteroatoms. The highest BCUT2D eigenvalue weighted by atomic mass is 16.2. The predicted molar refractivity (Wildman–Crippen MR) is 109 cm³/mol. The molecule has 0 aliphatic heterocycles. The van der Waals surface area contributed by atoms with Gasteiger partial charge < -0.3 is 5.32 Å². The van der Waals surface area contributed by atoms with Crippen molar-refractivity contribution in [3.8, 4) is 11.8 Å². The highest BCUT2D eigenvalue weighted by Gasteiger charge is 2.16. The molecule has 0 bridgehead atoms. The topological polar surface area (TPSA) is 74.0 Å². The fourth-order valence-corrected chi connectivity index (χ4v) is 3.12. The van der Waals surface area contributed by atoms with Crippen LogP contribution in [0.4, 0.5) is 5.69 Å². The van der Waals surface area contributed by atoms with Crippen molar-refractivity contribution in [2.75, 3.05) is 18.9 Å². The molecule has 0 spiro atoms. The van der Waals surface area contributed by atoms with Crippen LogP contribution in [0.5, 0.6) is 0 Å². The quantitative estimate of drug-likeness (QED) is 0.718.